The van der Waals surface area contributed by atoms with Crippen molar-refractivity contribution in [3.8, 4) is 22.9 Å². The lowest BCUT2D eigenvalue weighted by Crippen LogP contribution is -2.32. The van der Waals surface area contributed by atoms with E-state index in [1.807, 2.05) is 72.8 Å². The van der Waals surface area contributed by atoms with E-state index in [2.05, 4.69) is 21.4 Å². The summed E-state index contributed by atoms with van der Waals surface area (Å²) >= 11 is 0. The molecular formula is C31H28N4O4. The van der Waals surface area contributed by atoms with E-state index in [4.69, 9.17) is 9.47 Å². The Hall–Kier alpha value is -5.03. The molecule has 39 heavy (non-hydrogen) atoms. The standard InChI is InChI=1S/C31H28N4O4/c1-3-38-28(36)19-33-31(37)29-30(39-20-23-8-5-4-6-9-23)21(2)34-27(35-29)17-22-12-14-25(15-13-22)26-11-7-10-24(16-26)18-32/h4-16H,3,17,19-20H2,1-2H3,(H,33,37). The van der Waals surface area contributed by atoms with Gasteiger partial charge in [-0.05, 0) is 48.2 Å². The monoisotopic (exact) mass is 520 g/mol. The van der Waals surface area contributed by atoms with Gasteiger partial charge in [-0.15, -0.1) is 0 Å². The van der Waals surface area contributed by atoms with E-state index in [1.165, 1.54) is 0 Å². The van der Waals surface area contributed by atoms with Gasteiger partial charge in [-0.1, -0.05) is 66.7 Å². The normalized spacial score (nSPS) is 10.4. The number of carbonyl (C=O) groups excluding carboxylic acids is 2. The van der Waals surface area contributed by atoms with E-state index >= 15 is 0 Å². The maximum Gasteiger partial charge on any atom is 0.325 e. The van der Waals surface area contributed by atoms with E-state index in [9.17, 15) is 14.9 Å². The molecule has 8 heteroatoms. The molecule has 0 aliphatic heterocycles. The van der Waals surface area contributed by atoms with Crippen molar-refractivity contribution in [2.75, 3.05) is 13.2 Å². The van der Waals surface area contributed by atoms with Gasteiger partial charge in [-0.2, -0.15) is 5.26 Å². The minimum atomic E-state index is -0.550. The number of nitrogens with one attached hydrogen (secondary N) is 1. The molecule has 0 saturated carbocycles. The predicted molar refractivity (Wildman–Crippen MR) is 146 cm³/mol. The van der Waals surface area contributed by atoms with Crippen LogP contribution >= 0.6 is 0 Å². The molecule has 0 aliphatic rings. The topological polar surface area (TPSA) is 114 Å². The van der Waals surface area contributed by atoms with Crippen LogP contribution in [0.25, 0.3) is 11.1 Å². The molecule has 0 aliphatic carbocycles. The largest absolute Gasteiger partial charge is 0.485 e. The van der Waals surface area contributed by atoms with E-state index in [1.54, 1.807) is 19.9 Å². The summed E-state index contributed by atoms with van der Waals surface area (Å²) in [6.45, 7) is 3.64. The van der Waals surface area contributed by atoms with Crippen LogP contribution in [0.3, 0.4) is 0 Å². The summed E-state index contributed by atoms with van der Waals surface area (Å²) in [5, 5.41) is 11.7. The van der Waals surface area contributed by atoms with E-state index < -0.39 is 11.9 Å². The van der Waals surface area contributed by atoms with Gasteiger partial charge in [0.05, 0.1) is 23.9 Å². The highest BCUT2D eigenvalue weighted by Crippen LogP contribution is 2.25. The number of rotatable bonds is 10. The number of hydrogen-bond acceptors (Lipinski definition) is 7. The summed E-state index contributed by atoms with van der Waals surface area (Å²) in [5.74, 6) is -0.383. The SMILES string of the molecule is CCOC(=O)CNC(=O)c1nc(Cc2ccc(-c3cccc(C#N)c3)cc2)nc(C)c1OCc1ccccc1. The van der Waals surface area contributed by atoms with Crippen LogP contribution in [-0.2, 0) is 22.6 Å². The van der Waals surface area contributed by atoms with E-state index in [0.29, 0.717) is 23.5 Å². The lowest BCUT2D eigenvalue weighted by Gasteiger charge is -2.15. The van der Waals surface area contributed by atoms with Crippen LogP contribution in [0.5, 0.6) is 5.75 Å². The minimum absolute atomic E-state index is 0.0580. The Bertz CT molecular complexity index is 1500. The molecule has 0 bridgehead atoms. The number of benzene rings is 3. The molecule has 0 atom stereocenters. The Morgan fingerprint density at radius 2 is 1.69 bits per heavy atom. The molecule has 4 aromatic rings. The molecule has 0 spiro atoms. The molecule has 196 valence electrons. The van der Waals surface area contributed by atoms with Gasteiger partial charge >= 0.3 is 5.97 Å². The van der Waals surface area contributed by atoms with Crippen LogP contribution in [-0.4, -0.2) is 35.0 Å². The number of nitriles is 1. The summed E-state index contributed by atoms with van der Waals surface area (Å²) in [5.41, 5.74) is 4.99. The second kappa shape index (κ2) is 13.0. The molecule has 8 nitrogen and oxygen atoms in total. The fourth-order valence-corrected chi connectivity index (χ4v) is 3.97. The maximum absolute atomic E-state index is 13.1. The van der Waals surface area contributed by atoms with Crippen LogP contribution in [0.2, 0.25) is 0 Å². The quantitative estimate of drug-likeness (QED) is 0.299. The van der Waals surface area contributed by atoms with Crippen molar-refractivity contribution in [2.24, 2.45) is 0 Å². The van der Waals surface area contributed by atoms with Gasteiger partial charge < -0.3 is 14.8 Å². The summed E-state index contributed by atoms with van der Waals surface area (Å²) in [7, 11) is 0. The number of ether oxygens (including phenoxy) is 2. The smallest absolute Gasteiger partial charge is 0.325 e. The highest BCUT2D eigenvalue weighted by molar-refractivity contribution is 5.96. The molecule has 0 radical (unpaired) electrons. The minimum Gasteiger partial charge on any atom is -0.485 e. The van der Waals surface area contributed by atoms with Crippen molar-refractivity contribution in [1.82, 2.24) is 15.3 Å². The molecule has 1 N–H and O–H groups in total. The van der Waals surface area contributed by atoms with Crippen LogP contribution in [0, 0.1) is 18.3 Å². The molecule has 4 rings (SSSR count). The summed E-state index contributed by atoms with van der Waals surface area (Å²) in [6, 6.07) is 27.0. The number of nitrogens with zero attached hydrogens (tertiary/aromatic N) is 3. The van der Waals surface area contributed by atoms with Crippen molar-refractivity contribution in [2.45, 2.75) is 26.9 Å². The average molecular weight is 521 g/mol. The Labute approximate surface area is 227 Å². The highest BCUT2D eigenvalue weighted by Gasteiger charge is 2.21. The molecule has 1 amide bonds. The molecule has 3 aromatic carbocycles. The van der Waals surface area contributed by atoms with Gasteiger partial charge in [0, 0.05) is 6.42 Å². The Morgan fingerprint density at radius 1 is 0.923 bits per heavy atom. The molecule has 0 unspecified atom stereocenters. The van der Waals surface area contributed by atoms with Crippen molar-refractivity contribution in [3.05, 3.63) is 113 Å². The Morgan fingerprint density at radius 3 is 2.41 bits per heavy atom. The first-order valence-corrected chi connectivity index (χ1v) is 12.5. The summed E-state index contributed by atoms with van der Waals surface area (Å²) in [6.07, 6.45) is 0.385. The summed E-state index contributed by atoms with van der Waals surface area (Å²) < 4.78 is 10.9. The summed E-state index contributed by atoms with van der Waals surface area (Å²) in [4.78, 5) is 34.0. The number of aryl methyl sites for hydroxylation is 1. The molecule has 1 heterocycles. The van der Waals surface area contributed by atoms with Gasteiger partial charge in [-0.25, -0.2) is 9.97 Å². The van der Waals surface area contributed by atoms with E-state index in [0.717, 1.165) is 22.3 Å². The van der Waals surface area contributed by atoms with Crippen molar-refractivity contribution < 1.29 is 19.1 Å². The number of aromatic nitrogens is 2. The zero-order chi connectivity index (χ0) is 27.6. The van der Waals surface area contributed by atoms with Crippen molar-refractivity contribution >= 4 is 11.9 Å². The van der Waals surface area contributed by atoms with Crippen molar-refractivity contribution in [3.63, 3.8) is 0 Å². The van der Waals surface area contributed by atoms with Crippen LogP contribution in [0.4, 0.5) is 0 Å². The van der Waals surface area contributed by atoms with Crippen molar-refractivity contribution in [1.29, 1.82) is 5.26 Å². The zero-order valence-electron chi connectivity index (χ0n) is 21.8. The second-order valence-corrected chi connectivity index (χ2v) is 8.73. The van der Waals surface area contributed by atoms with Crippen LogP contribution in [0.15, 0.2) is 78.9 Å². The third kappa shape index (κ3) is 7.27. The number of hydrogen-bond donors (Lipinski definition) is 1. The highest BCUT2D eigenvalue weighted by atomic mass is 16.5. The third-order valence-corrected chi connectivity index (χ3v) is 5.86. The lowest BCUT2D eigenvalue weighted by atomic mass is 10.0. The van der Waals surface area contributed by atoms with Crippen LogP contribution in [0.1, 0.15) is 45.6 Å². The van der Waals surface area contributed by atoms with Gasteiger partial charge in [-0.3, -0.25) is 9.59 Å². The average Bonchev–Trinajstić information content (AvgIpc) is 2.96. The second-order valence-electron chi connectivity index (χ2n) is 8.73. The molecule has 0 fully saturated rings. The molecule has 0 saturated heterocycles. The fourth-order valence-electron chi connectivity index (χ4n) is 3.97. The number of esters is 1. The van der Waals surface area contributed by atoms with E-state index in [-0.39, 0.29) is 31.2 Å². The first-order valence-electron chi connectivity index (χ1n) is 12.5. The third-order valence-electron chi connectivity index (χ3n) is 5.86. The van der Waals surface area contributed by atoms with Gasteiger partial charge in [0.25, 0.3) is 5.91 Å². The van der Waals surface area contributed by atoms with Gasteiger partial charge in [0.1, 0.15) is 19.0 Å². The van der Waals surface area contributed by atoms with Gasteiger partial charge in [0.15, 0.2) is 11.4 Å². The molecule has 1 aromatic heterocycles. The zero-order valence-corrected chi connectivity index (χ0v) is 21.8. The van der Waals surface area contributed by atoms with Gasteiger partial charge in [0.2, 0.25) is 0 Å². The first-order chi connectivity index (χ1) is 19.0. The Balaban J connectivity index is 1.57. The van der Waals surface area contributed by atoms with Crippen LogP contribution < -0.4 is 10.1 Å². The first kappa shape index (κ1) is 27.0. The lowest BCUT2D eigenvalue weighted by molar-refractivity contribution is -0.141. The Kier molecular flexibility index (Phi) is 8.99. The maximum atomic E-state index is 13.1. The molecular weight excluding hydrogens is 492 g/mol. The number of carbonyl (C=O) groups is 2. The predicted octanol–water partition coefficient (Wildman–Crippen LogP) is 4.79. The number of amides is 1. The fraction of sp³-hybridized carbons (Fsp3) is 0.194.